The van der Waals surface area contributed by atoms with Crippen LogP contribution in [0.3, 0.4) is 0 Å². The quantitative estimate of drug-likeness (QED) is 0.644. The molecular formula is C16H16N2O4S. The third-order valence-corrected chi connectivity index (χ3v) is 3.67. The normalized spacial score (nSPS) is 11.3. The summed E-state index contributed by atoms with van der Waals surface area (Å²) < 4.78 is 5.03. The van der Waals surface area contributed by atoms with Crippen molar-refractivity contribution in [1.82, 2.24) is 10.9 Å². The minimum atomic E-state index is -1.00. The van der Waals surface area contributed by atoms with E-state index in [1.165, 1.54) is 18.3 Å². The summed E-state index contributed by atoms with van der Waals surface area (Å²) in [6.07, 6.45) is -0.894. The number of hydrogen-bond donors (Lipinski definition) is 2. The molecule has 2 rings (SSSR count). The van der Waals surface area contributed by atoms with Crippen LogP contribution >= 0.6 is 11.3 Å². The number of nitrogens with one attached hydrogen (secondary N) is 2. The molecule has 23 heavy (non-hydrogen) atoms. The van der Waals surface area contributed by atoms with Crippen molar-refractivity contribution < 1.29 is 19.1 Å². The lowest BCUT2D eigenvalue weighted by Gasteiger charge is -2.14. The fourth-order valence-corrected chi connectivity index (χ4v) is 2.40. The first-order valence-corrected chi connectivity index (χ1v) is 7.86. The topological polar surface area (TPSA) is 84.5 Å². The zero-order valence-corrected chi connectivity index (χ0v) is 13.3. The van der Waals surface area contributed by atoms with E-state index in [4.69, 9.17) is 4.74 Å². The van der Waals surface area contributed by atoms with E-state index in [2.05, 4.69) is 10.9 Å². The van der Waals surface area contributed by atoms with Crippen LogP contribution in [0.25, 0.3) is 0 Å². The molecule has 2 aromatic rings. The zero-order chi connectivity index (χ0) is 16.7. The Balaban J connectivity index is 1.76. The molecule has 0 unspecified atom stereocenters. The van der Waals surface area contributed by atoms with Gasteiger partial charge in [-0.25, -0.2) is 0 Å². The molecule has 7 heteroatoms. The largest absolute Gasteiger partial charge is 0.452 e. The number of ether oxygens (including phenoxy) is 1. The monoisotopic (exact) mass is 332 g/mol. The third kappa shape index (κ3) is 5.23. The van der Waals surface area contributed by atoms with Gasteiger partial charge in [-0.15, -0.1) is 0 Å². The standard InChI is InChI=1S/C16H16N2O4S/c1-11(22-14(19)9-12-7-8-23-10-12)15(20)17-18-16(21)13-5-3-2-4-6-13/h2-8,10-11H,9H2,1H3,(H,17,20)(H,18,21)/t11-/m1/s1. The van der Waals surface area contributed by atoms with Crippen molar-refractivity contribution in [3.8, 4) is 0 Å². The van der Waals surface area contributed by atoms with Crippen molar-refractivity contribution in [3.63, 3.8) is 0 Å². The van der Waals surface area contributed by atoms with E-state index in [0.29, 0.717) is 5.56 Å². The Morgan fingerprint density at radius 1 is 1.13 bits per heavy atom. The molecule has 0 bridgehead atoms. The van der Waals surface area contributed by atoms with Gasteiger partial charge in [0.15, 0.2) is 6.10 Å². The summed E-state index contributed by atoms with van der Waals surface area (Å²) in [6.45, 7) is 1.44. The maximum absolute atomic E-state index is 11.8. The minimum Gasteiger partial charge on any atom is -0.452 e. The molecular weight excluding hydrogens is 316 g/mol. The molecule has 0 saturated heterocycles. The molecule has 0 saturated carbocycles. The van der Waals surface area contributed by atoms with Gasteiger partial charge in [0.1, 0.15) is 0 Å². The summed E-state index contributed by atoms with van der Waals surface area (Å²) >= 11 is 1.48. The fourth-order valence-electron chi connectivity index (χ4n) is 1.73. The molecule has 1 heterocycles. The lowest BCUT2D eigenvalue weighted by Crippen LogP contribution is -2.46. The second-order valence-electron chi connectivity index (χ2n) is 4.75. The third-order valence-electron chi connectivity index (χ3n) is 2.94. The van der Waals surface area contributed by atoms with Crippen LogP contribution in [0.5, 0.6) is 0 Å². The van der Waals surface area contributed by atoms with Gasteiger partial charge in [0, 0.05) is 5.56 Å². The average Bonchev–Trinajstić information content (AvgIpc) is 3.05. The molecule has 1 aromatic heterocycles. The summed E-state index contributed by atoms with van der Waals surface area (Å²) in [5.74, 6) is -1.55. The molecule has 0 aliphatic heterocycles. The molecule has 0 spiro atoms. The Bertz CT molecular complexity index is 671. The number of rotatable bonds is 5. The molecule has 0 aliphatic carbocycles. The van der Waals surface area contributed by atoms with Crippen LogP contribution in [-0.2, 0) is 20.7 Å². The number of thiophene rings is 1. The average molecular weight is 332 g/mol. The highest BCUT2D eigenvalue weighted by Crippen LogP contribution is 2.08. The Kier molecular flexibility index (Phi) is 5.87. The second-order valence-corrected chi connectivity index (χ2v) is 5.53. The maximum Gasteiger partial charge on any atom is 0.311 e. The van der Waals surface area contributed by atoms with Gasteiger partial charge in [0.2, 0.25) is 0 Å². The molecule has 1 atom stereocenters. The minimum absolute atomic E-state index is 0.109. The predicted molar refractivity (Wildman–Crippen MR) is 85.6 cm³/mol. The molecule has 0 fully saturated rings. The van der Waals surface area contributed by atoms with E-state index in [9.17, 15) is 14.4 Å². The van der Waals surface area contributed by atoms with Crippen LogP contribution in [0.1, 0.15) is 22.8 Å². The summed E-state index contributed by atoms with van der Waals surface area (Å²) in [7, 11) is 0. The Morgan fingerprint density at radius 2 is 1.87 bits per heavy atom. The molecule has 0 radical (unpaired) electrons. The molecule has 0 aliphatic rings. The van der Waals surface area contributed by atoms with Gasteiger partial charge >= 0.3 is 5.97 Å². The van der Waals surface area contributed by atoms with Crippen LogP contribution in [0.2, 0.25) is 0 Å². The number of hydrogen-bond acceptors (Lipinski definition) is 5. The van der Waals surface area contributed by atoms with Crippen LogP contribution < -0.4 is 10.9 Å². The first kappa shape index (κ1) is 16.7. The van der Waals surface area contributed by atoms with Crippen LogP contribution in [-0.4, -0.2) is 23.9 Å². The number of carbonyl (C=O) groups excluding carboxylic acids is 3. The van der Waals surface area contributed by atoms with Crippen LogP contribution in [0.4, 0.5) is 0 Å². The highest BCUT2D eigenvalue weighted by atomic mass is 32.1. The van der Waals surface area contributed by atoms with Gasteiger partial charge in [-0.1, -0.05) is 18.2 Å². The van der Waals surface area contributed by atoms with Crippen molar-refractivity contribution >= 4 is 29.1 Å². The SMILES string of the molecule is C[C@@H](OC(=O)Cc1ccsc1)C(=O)NNC(=O)c1ccccc1. The molecule has 6 nitrogen and oxygen atoms in total. The van der Waals surface area contributed by atoms with Gasteiger partial charge < -0.3 is 4.74 Å². The van der Waals surface area contributed by atoms with E-state index in [0.717, 1.165) is 5.56 Å². The number of carbonyl (C=O) groups is 3. The number of benzene rings is 1. The van der Waals surface area contributed by atoms with Gasteiger partial charge in [-0.3, -0.25) is 25.2 Å². The second kappa shape index (κ2) is 8.09. The Hall–Kier alpha value is -2.67. The highest BCUT2D eigenvalue weighted by molar-refractivity contribution is 7.07. The van der Waals surface area contributed by atoms with Crippen LogP contribution in [0.15, 0.2) is 47.2 Å². The fraction of sp³-hybridized carbons (Fsp3) is 0.188. The van der Waals surface area contributed by atoms with Crippen LogP contribution in [0, 0.1) is 0 Å². The lowest BCUT2D eigenvalue weighted by atomic mass is 10.2. The van der Waals surface area contributed by atoms with Gasteiger partial charge in [0.25, 0.3) is 11.8 Å². The highest BCUT2D eigenvalue weighted by Gasteiger charge is 2.18. The first-order chi connectivity index (χ1) is 11.1. The van der Waals surface area contributed by atoms with Crippen molar-refractivity contribution in [2.45, 2.75) is 19.4 Å². The molecule has 2 N–H and O–H groups in total. The number of esters is 1. The van der Waals surface area contributed by atoms with E-state index >= 15 is 0 Å². The smallest absolute Gasteiger partial charge is 0.311 e. The Morgan fingerprint density at radius 3 is 2.52 bits per heavy atom. The number of hydrazine groups is 1. The summed E-state index contributed by atoms with van der Waals surface area (Å²) in [5.41, 5.74) is 5.75. The van der Waals surface area contributed by atoms with E-state index in [1.54, 1.807) is 30.3 Å². The van der Waals surface area contributed by atoms with Crippen molar-refractivity contribution in [1.29, 1.82) is 0 Å². The summed E-state index contributed by atoms with van der Waals surface area (Å²) in [5, 5.41) is 3.70. The lowest BCUT2D eigenvalue weighted by molar-refractivity contribution is -0.154. The van der Waals surface area contributed by atoms with Gasteiger partial charge in [0.05, 0.1) is 6.42 Å². The summed E-state index contributed by atoms with van der Waals surface area (Å²) in [4.78, 5) is 35.3. The maximum atomic E-state index is 11.8. The van der Waals surface area contributed by atoms with E-state index in [-0.39, 0.29) is 6.42 Å². The van der Waals surface area contributed by atoms with Gasteiger partial charge in [-0.2, -0.15) is 11.3 Å². The van der Waals surface area contributed by atoms with Crippen molar-refractivity contribution in [2.75, 3.05) is 0 Å². The van der Waals surface area contributed by atoms with E-state index in [1.807, 2.05) is 16.8 Å². The molecule has 2 amide bonds. The first-order valence-electron chi connectivity index (χ1n) is 6.92. The Labute approximate surface area is 137 Å². The predicted octanol–water partition coefficient (Wildman–Crippen LogP) is 1.68. The van der Waals surface area contributed by atoms with E-state index < -0.39 is 23.9 Å². The molecule has 1 aromatic carbocycles. The number of amides is 2. The molecule has 120 valence electrons. The van der Waals surface area contributed by atoms with Crippen molar-refractivity contribution in [3.05, 3.63) is 58.3 Å². The summed E-state index contributed by atoms with van der Waals surface area (Å²) in [6, 6.07) is 10.3. The van der Waals surface area contributed by atoms with Gasteiger partial charge in [-0.05, 0) is 41.4 Å². The van der Waals surface area contributed by atoms with Crippen molar-refractivity contribution in [2.24, 2.45) is 0 Å². The zero-order valence-electron chi connectivity index (χ0n) is 12.4.